The van der Waals surface area contributed by atoms with E-state index in [9.17, 15) is 19.8 Å². The Kier molecular flexibility index (Phi) is 10.7. The average Bonchev–Trinajstić information content (AvgIpc) is 3.26. The van der Waals surface area contributed by atoms with Gasteiger partial charge in [0.2, 0.25) is 5.91 Å². The van der Waals surface area contributed by atoms with Crippen LogP contribution in [0.4, 0.5) is 4.79 Å². The number of nitrogens with one attached hydrogen (secondary N) is 2. The summed E-state index contributed by atoms with van der Waals surface area (Å²) in [5.74, 6) is -0.863. The van der Waals surface area contributed by atoms with Crippen molar-refractivity contribution in [2.75, 3.05) is 6.26 Å². The summed E-state index contributed by atoms with van der Waals surface area (Å²) in [6, 6.07) is 24.2. The van der Waals surface area contributed by atoms with E-state index in [0.717, 1.165) is 27.1 Å². The molecule has 5 atom stereocenters. The lowest BCUT2D eigenvalue weighted by Gasteiger charge is -2.29. The molecular weight excluding hydrogens is 548 g/mol. The molecule has 7 nitrogen and oxygen atoms in total. The molecule has 4 rings (SSSR count). The minimum absolute atomic E-state index is 0.105. The summed E-state index contributed by atoms with van der Waals surface area (Å²) in [5.41, 5.74) is 3.14. The normalized spacial score (nSPS) is 18.4. The Morgan fingerprint density at radius 1 is 0.952 bits per heavy atom. The zero-order chi connectivity index (χ0) is 30.3. The predicted molar refractivity (Wildman–Crippen MR) is 166 cm³/mol. The van der Waals surface area contributed by atoms with Crippen molar-refractivity contribution in [3.63, 3.8) is 0 Å². The van der Waals surface area contributed by atoms with Crippen LogP contribution in [0.15, 0.2) is 83.8 Å². The first-order valence-corrected chi connectivity index (χ1v) is 15.7. The molecular formula is C34H42N2O5S. The van der Waals surface area contributed by atoms with E-state index < -0.39 is 41.9 Å². The van der Waals surface area contributed by atoms with Crippen LogP contribution in [0.1, 0.15) is 55.5 Å². The highest BCUT2D eigenvalue weighted by Gasteiger charge is 2.35. The molecule has 0 unspecified atom stereocenters. The van der Waals surface area contributed by atoms with Gasteiger partial charge in [-0.25, -0.2) is 4.79 Å². The second kappa shape index (κ2) is 14.2. The molecule has 1 aliphatic carbocycles. The smallest absolute Gasteiger partial charge is 0.407 e. The summed E-state index contributed by atoms with van der Waals surface area (Å²) in [6.07, 6.45) is 0.965. The quantitative estimate of drug-likeness (QED) is 0.228. The average molecular weight is 591 g/mol. The van der Waals surface area contributed by atoms with E-state index in [0.29, 0.717) is 19.3 Å². The van der Waals surface area contributed by atoms with Gasteiger partial charge in [0, 0.05) is 17.2 Å². The second-order valence-corrected chi connectivity index (χ2v) is 12.8. The fraction of sp³-hybridized carbons (Fsp3) is 0.412. The number of carbonyl (C=O) groups excluding carboxylic acids is 2. The highest BCUT2D eigenvalue weighted by molar-refractivity contribution is 7.98. The van der Waals surface area contributed by atoms with Crippen molar-refractivity contribution >= 4 is 23.8 Å². The van der Waals surface area contributed by atoms with Crippen LogP contribution in [0.2, 0.25) is 0 Å². The number of hydrogen-bond acceptors (Lipinski definition) is 6. The number of hydrogen-bond donors (Lipinski definition) is 4. The first kappa shape index (κ1) is 31.6. The van der Waals surface area contributed by atoms with Crippen LogP contribution in [0.5, 0.6) is 0 Å². The van der Waals surface area contributed by atoms with Crippen LogP contribution >= 0.6 is 11.8 Å². The summed E-state index contributed by atoms with van der Waals surface area (Å²) in [5, 5.41) is 28.3. The third kappa shape index (κ3) is 8.84. The van der Waals surface area contributed by atoms with Gasteiger partial charge in [-0.2, -0.15) is 0 Å². The number of amides is 2. The van der Waals surface area contributed by atoms with Crippen LogP contribution < -0.4 is 10.6 Å². The fourth-order valence-corrected chi connectivity index (χ4v) is 5.82. The maximum Gasteiger partial charge on any atom is 0.407 e. The van der Waals surface area contributed by atoms with Gasteiger partial charge >= 0.3 is 6.09 Å². The van der Waals surface area contributed by atoms with Crippen LogP contribution in [0.25, 0.3) is 0 Å². The van der Waals surface area contributed by atoms with Crippen molar-refractivity contribution in [2.24, 2.45) is 5.92 Å². The number of aliphatic hydroxyl groups excluding tert-OH is 2. The molecule has 3 aromatic carbocycles. The molecule has 42 heavy (non-hydrogen) atoms. The second-order valence-electron chi connectivity index (χ2n) is 12.0. The molecule has 8 heteroatoms. The van der Waals surface area contributed by atoms with Crippen molar-refractivity contribution in [1.82, 2.24) is 10.6 Å². The third-order valence-electron chi connectivity index (χ3n) is 7.50. The number of alkyl carbamates (subject to hydrolysis) is 1. The number of rotatable bonds is 11. The number of benzene rings is 3. The van der Waals surface area contributed by atoms with Crippen molar-refractivity contribution in [2.45, 2.75) is 81.2 Å². The summed E-state index contributed by atoms with van der Waals surface area (Å²) < 4.78 is 5.49. The molecule has 0 fully saturated rings. The molecule has 224 valence electrons. The number of ether oxygens (including phenoxy) is 1. The van der Waals surface area contributed by atoms with Crippen molar-refractivity contribution in [1.29, 1.82) is 0 Å². The van der Waals surface area contributed by atoms with Crippen molar-refractivity contribution in [3.8, 4) is 0 Å². The van der Waals surface area contributed by atoms with Gasteiger partial charge in [-0.15, -0.1) is 11.8 Å². The molecule has 4 N–H and O–H groups in total. The van der Waals surface area contributed by atoms with Crippen molar-refractivity contribution in [3.05, 3.63) is 101 Å². The largest absolute Gasteiger partial charge is 0.444 e. The Labute approximate surface area is 253 Å². The minimum Gasteiger partial charge on any atom is -0.444 e. The first-order valence-electron chi connectivity index (χ1n) is 14.4. The summed E-state index contributed by atoms with van der Waals surface area (Å²) >= 11 is 1.64. The highest BCUT2D eigenvalue weighted by Crippen LogP contribution is 2.32. The molecule has 0 saturated heterocycles. The van der Waals surface area contributed by atoms with Gasteiger partial charge in [0.25, 0.3) is 0 Å². The highest BCUT2D eigenvalue weighted by atomic mass is 32.2. The molecule has 0 saturated carbocycles. The SMILES string of the molecule is CSc1ccc(C[C@H](C[C@H](O)[C@H](Cc2ccccc2)NC(=O)OC(C)(C)C)C(=O)N[C@H]2c3ccccc3C[C@H]2O)cc1. The Hall–Kier alpha value is -3.33. The molecule has 0 radical (unpaired) electrons. The number of thioether (sulfide) groups is 1. The van der Waals surface area contributed by atoms with Crippen LogP contribution in [-0.4, -0.2) is 52.3 Å². The molecule has 0 aliphatic heterocycles. The van der Waals surface area contributed by atoms with E-state index in [1.54, 1.807) is 32.5 Å². The summed E-state index contributed by atoms with van der Waals surface area (Å²) in [6.45, 7) is 5.36. The molecule has 1 aliphatic rings. The maximum absolute atomic E-state index is 13.9. The van der Waals surface area contributed by atoms with E-state index in [2.05, 4.69) is 10.6 Å². The topological polar surface area (TPSA) is 108 Å². The lowest BCUT2D eigenvalue weighted by Crippen LogP contribution is -2.48. The maximum atomic E-state index is 13.9. The van der Waals surface area contributed by atoms with Crippen LogP contribution in [0.3, 0.4) is 0 Å². The minimum atomic E-state index is -1.04. The van der Waals surface area contributed by atoms with Gasteiger partial charge in [-0.1, -0.05) is 66.7 Å². The zero-order valence-corrected chi connectivity index (χ0v) is 25.6. The molecule has 0 bridgehead atoms. The predicted octanol–water partition coefficient (Wildman–Crippen LogP) is 5.23. The fourth-order valence-electron chi connectivity index (χ4n) is 5.41. The van der Waals surface area contributed by atoms with E-state index in [4.69, 9.17) is 4.74 Å². The zero-order valence-electron chi connectivity index (χ0n) is 24.7. The van der Waals surface area contributed by atoms with E-state index in [-0.39, 0.29) is 12.3 Å². The molecule has 0 aromatic heterocycles. The lowest BCUT2D eigenvalue weighted by molar-refractivity contribution is -0.127. The van der Waals surface area contributed by atoms with Gasteiger partial charge < -0.3 is 25.6 Å². The molecule has 0 spiro atoms. The van der Waals surface area contributed by atoms with Crippen LogP contribution in [0, 0.1) is 5.92 Å². The number of carbonyl (C=O) groups is 2. The monoisotopic (exact) mass is 590 g/mol. The molecule has 3 aromatic rings. The van der Waals surface area contributed by atoms with E-state index >= 15 is 0 Å². The van der Waals surface area contributed by atoms with Crippen LogP contribution in [-0.2, 0) is 28.8 Å². The Balaban J connectivity index is 1.56. The van der Waals surface area contributed by atoms with Gasteiger partial charge in [0.05, 0.1) is 24.3 Å². The lowest BCUT2D eigenvalue weighted by atomic mass is 9.88. The Morgan fingerprint density at radius 3 is 2.26 bits per heavy atom. The van der Waals surface area contributed by atoms with Gasteiger partial charge in [0.1, 0.15) is 5.60 Å². The summed E-state index contributed by atoms with van der Waals surface area (Å²) in [7, 11) is 0. The third-order valence-corrected chi connectivity index (χ3v) is 8.25. The Morgan fingerprint density at radius 2 is 1.60 bits per heavy atom. The number of fused-ring (bicyclic) bond motifs is 1. The van der Waals surface area contributed by atoms with E-state index in [1.807, 2.05) is 85.1 Å². The van der Waals surface area contributed by atoms with Crippen molar-refractivity contribution < 1.29 is 24.5 Å². The number of aliphatic hydroxyl groups is 2. The van der Waals surface area contributed by atoms with Gasteiger partial charge in [-0.05, 0) is 80.7 Å². The summed E-state index contributed by atoms with van der Waals surface area (Å²) in [4.78, 5) is 27.7. The van der Waals surface area contributed by atoms with E-state index in [1.165, 1.54) is 0 Å². The van der Waals surface area contributed by atoms with Gasteiger partial charge in [0.15, 0.2) is 0 Å². The molecule has 0 heterocycles. The Bertz CT molecular complexity index is 1330. The molecule has 2 amide bonds. The standard InChI is InChI=1S/C34H42N2O5S/c1-34(2,3)41-33(40)35-28(19-22-10-6-5-7-11-22)29(37)21-25(18-23-14-16-26(42-4)17-15-23)32(39)36-31-27-13-9-8-12-24(27)20-30(31)38/h5-17,25,28-31,37-38H,18-21H2,1-4H3,(H,35,40)(H,36,39)/t25-,28+,29+,30-,31+/m1/s1. The van der Waals surface area contributed by atoms with Gasteiger partial charge in [-0.3, -0.25) is 4.79 Å². The first-order chi connectivity index (χ1) is 20.0.